The van der Waals surface area contributed by atoms with Gasteiger partial charge >= 0.3 is 0 Å². The fourth-order valence-electron chi connectivity index (χ4n) is 3.46. The zero-order valence-electron chi connectivity index (χ0n) is 14.7. The molecule has 2 aromatic heterocycles. The Bertz CT molecular complexity index is 1050. The quantitative estimate of drug-likeness (QED) is 0.548. The summed E-state index contributed by atoms with van der Waals surface area (Å²) in [5.41, 5.74) is 4.42. The lowest BCUT2D eigenvalue weighted by Crippen LogP contribution is -2.29. The Labute approximate surface area is 155 Å². The Hall–Kier alpha value is -2.54. The smallest absolute Gasteiger partial charge is 0.278 e. The van der Waals surface area contributed by atoms with Crippen LogP contribution < -0.4 is 10.9 Å². The van der Waals surface area contributed by atoms with Gasteiger partial charge in [0.2, 0.25) is 5.91 Å². The molecule has 1 amide bonds. The predicted molar refractivity (Wildman–Crippen MR) is 102 cm³/mol. The van der Waals surface area contributed by atoms with Gasteiger partial charge in [0.05, 0.1) is 17.3 Å². The minimum absolute atomic E-state index is 0.0451. The second kappa shape index (κ2) is 6.64. The average molecular weight is 368 g/mol. The van der Waals surface area contributed by atoms with Crippen molar-refractivity contribution in [2.24, 2.45) is 7.05 Å². The summed E-state index contributed by atoms with van der Waals surface area (Å²) in [5.74, 6) is 0.185. The van der Waals surface area contributed by atoms with Gasteiger partial charge in [-0.15, -0.1) is 0 Å². The molecule has 1 unspecified atom stereocenters. The first-order valence-corrected chi connectivity index (χ1v) is 9.58. The van der Waals surface area contributed by atoms with Crippen LogP contribution in [0.25, 0.3) is 11.0 Å². The molecule has 26 heavy (non-hydrogen) atoms. The number of hydrogen-bond donors (Lipinski definition) is 2. The number of hydrogen-bond acceptors (Lipinski definition) is 4. The van der Waals surface area contributed by atoms with Crippen LogP contribution in [0.5, 0.6) is 0 Å². The molecule has 6 nitrogen and oxygen atoms in total. The van der Waals surface area contributed by atoms with E-state index in [9.17, 15) is 9.59 Å². The molecule has 0 bridgehead atoms. The van der Waals surface area contributed by atoms with Crippen molar-refractivity contribution in [3.63, 3.8) is 0 Å². The van der Waals surface area contributed by atoms with E-state index in [0.717, 1.165) is 18.5 Å². The van der Waals surface area contributed by atoms with Crippen molar-refractivity contribution in [2.45, 2.75) is 31.0 Å². The van der Waals surface area contributed by atoms with Crippen molar-refractivity contribution in [3.8, 4) is 0 Å². The largest absolute Gasteiger partial charge is 0.353 e. The first-order valence-electron chi connectivity index (χ1n) is 8.59. The summed E-state index contributed by atoms with van der Waals surface area (Å²) in [6.45, 7) is 1.89. The van der Waals surface area contributed by atoms with Gasteiger partial charge in [-0.3, -0.25) is 14.2 Å². The van der Waals surface area contributed by atoms with Crippen molar-refractivity contribution in [3.05, 3.63) is 57.5 Å². The normalized spacial score (nSPS) is 16.0. The highest BCUT2D eigenvalue weighted by Gasteiger charge is 2.23. The van der Waals surface area contributed by atoms with E-state index in [1.54, 1.807) is 7.05 Å². The number of nitrogens with zero attached hydrogens (tertiary/aromatic N) is 2. The summed E-state index contributed by atoms with van der Waals surface area (Å²) < 4.78 is 1.49. The maximum atomic E-state index is 12.4. The third-order valence-corrected chi connectivity index (χ3v) is 5.78. The fourth-order valence-corrected chi connectivity index (χ4v) is 4.24. The number of carbonyl (C=O) groups is 1. The summed E-state index contributed by atoms with van der Waals surface area (Å²) >= 11 is 1.28. The van der Waals surface area contributed by atoms with Gasteiger partial charge in [0.25, 0.3) is 5.56 Å². The number of nitrogens with one attached hydrogen (secondary N) is 2. The number of amides is 1. The zero-order valence-corrected chi connectivity index (χ0v) is 15.5. The van der Waals surface area contributed by atoms with E-state index in [1.165, 1.54) is 27.5 Å². The average Bonchev–Trinajstić information content (AvgIpc) is 3.20. The monoisotopic (exact) mass is 368 g/mol. The number of aromatic nitrogens is 3. The van der Waals surface area contributed by atoms with Gasteiger partial charge in [-0.05, 0) is 37.0 Å². The molecule has 134 valence electrons. The van der Waals surface area contributed by atoms with E-state index >= 15 is 0 Å². The second-order valence-corrected chi connectivity index (χ2v) is 7.56. The van der Waals surface area contributed by atoms with E-state index in [1.807, 2.05) is 25.1 Å². The third-order valence-electron chi connectivity index (χ3n) is 4.75. The van der Waals surface area contributed by atoms with E-state index in [0.29, 0.717) is 16.2 Å². The highest BCUT2D eigenvalue weighted by Crippen LogP contribution is 2.30. The Morgan fingerprint density at radius 3 is 3.08 bits per heavy atom. The van der Waals surface area contributed by atoms with Gasteiger partial charge in [-0.1, -0.05) is 36.0 Å². The van der Waals surface area contributed by atoms with Crippen LogP contribution in [0.4, 0.5) is 0 Å². The molecule has 1 aromatic carbocycles. The maximum Gasteiger partial charge on any atom is 0.278 e. The molecule has 2 heterocycles. The highest BCUT2D eigenvalue weighted by molar-refractivity contribution is 7.99. The minimum atomic E-state index is -0.129. The Kier molecular flexibility index (Phi) is 4.32. The van der Waals surface area contributed by atoms with E-state index in [-0.39, 0.29) is 23.3 Å². The summed E-state index contributed by atoms with van der Waals surface area (Å²) in [7, 11) is 1.68. The Balaban J connectivity index is 1.46. The number of aryl methyl sites for hydroxylation is 2. The van der Waals surface area contributed by atoms with E-state index in [4.69, 9.17) is 0 Å². The minimum Gasteiger partial charge on any atom is -0.353 e. The summed E-state index contributed by atoms with van der Waals surface area (Å²) in [6.07, 6.45) is 1.93. The molecule has 3 aromatic rings. The topological polar surface area (TPSA) is 79.8 Å². The van der Waals surface area contributed by atoms with Crippen molar-refractivity contribution in [1.29, 1.82) is 0 Å². The van der Waals surface area contributed by atoms with Crippen LogP contribution in [0.2, 0.25) is 0 Å². The van der Waals surface area contributed by atoms with Gasteiger partial charge in [0.15, 0.2) is 5.16 Å². The second-order valence-electron chi connectivity index (χ2n) is 6.62. The molecule has 1 aliphatic rings. The Morgan fingerprint density at radius 1 is 1.42 bits per heavy atom. The third kappa shape index (κ3) is 3.03. The number of thioether (sulfide) groups is 1. The fraction of sp³-hybridized carbons (Fsp3) is 0.316. The van der Waals surface area contributed by atoms with Crippen molar-refractivity contribution < 1.29 is 4.79 Å². The molecule has 4 rings (SSSR count). The standard InChI is InChI=1S/C19H20N4O2S/c1-11-9-15-17(20-11)18(25)23(2)19(22-15)26-10-16(24)21-14-8-7-12-5-3-4-6-13(12)14/h3-6,9,14,20H,7-8,10H2,1-2H3,(H,21,24). The van der Waals surface area contributed by atoms with Gasteiger partial charge in [0.1, 0.15) is 5.52 Å². The zero-order chi connectivity index (χ0) is 18.3. The molecule has 1 aliphatic carbocycles. The molecule has 0 radical (unpaired) electrons. The van der Waals surface area contributed by atoms with Crippen LogP contribution in [0.15, 0.2) is 40.3 Å². The van der Waals surface area contributed by atoms with Gasteiger partial charge < -0.3 is 10.3 Å². The van der Waals surface area contributed by atoms with Crippen molar-refractivity contribution in [2.75, 3.05) is 5.75 Å². The van der Waals surface area contributed by atoms with Crippen LogP contribution >= 0.6 is 11.8 Å². The van der Waals surface area contributed by atoms with Crippen LogP contribution in [0, 0.1) is 6.92 Å². The summed E-state index contributed by atoms with van der Waals surface area (Å²) in [5, 5.41) is 3.64. The molecular formula is C19H20N4O2S. The van der Waals surface area contributed by atoms with Gasteiger partial charge in [-0.25, -0.2) is 4.98 Å². The molecule has 0 fully saturated rings. The van der Waals surface area contributed by atoms with Crippen LogP contribution in [0.1, 0.15) is 29.3 Å². The Morgan fingerprint density at radius 2 is 2.23 bits per heavy atom. The number of carbonyl (C=O) groups excluding carboxylic acids is 1. The van der Waals surface area contributed by atoms with Crippen LogP contribution in [-0.4, -0.2) is 26.2 Å². The SMILES string of the molecule is Cc1cc2nc(SCC(=O)NC3CCc4ccccc43)n(C)c(=O)c2[nH]1. The molecule has 0 spiro atoms. The molecule has 1 atom stereocenters. The number of benzene rings is 1. The number of H-pyrrole nitrogens is 1. The van der Waals surface area contributed by atoms with Gasteiger partial charge in [0, 0.05) is 12.7 Å². The number of aromatic amines is 1. The molecular weight excluding hydrogens is 348 g/mol. The summed E-state index contributed by atoms with van der Waals surface area (Å²) in [6, 6.07) is 10.1. The van der Waals surface area contributed by atoms with Crippen molar-refractivity contribution >= 4 is 28.7 Å². The lowest BCUT2D eigenvalue weighted by Gasteiger charge is -2.14. The lowest BCUT2D eigenvalue weighted by atomic mass is 10.1. The number of rotatable bonds is 4. The number of fused-ring (bicyclic) bond motifs is 2. The van der Waals surface area contributed by atoms with Crippen molar-refractivity contribution in [1.82, 2.24) is 19.9 Å². The van der Waals surface area contributed by atoms with Crippen LogP contribution in [0.3, 0.4) is 0 Å². The van der Waals surface area contributed by atoms with Crippen LogP contribution in [-0.2, 0) is 18.3 Å². The molecule has 0 saturated heterocycles. The molecule has 0 aliphatic heterocycles. The first kappa shape index (κ1) is 16.9. The molecule has 7 heteroatoms. The first-order chi connectivity index (χ1) is 12.5. The molecule has 0 saturated carbocycles. The highest BCUT2D eigenvalue weighted by atomic mass is 32.2. The lowest BCUT2D eigenvalue weighted by molar-refractivity contribution is -0.119. The maximum absolute atomic E-state index is 12.4. The summed E-state index contributed by atoms with van der Waals surface area (Å²) in [4.78, 5) is 32.3. The predicted octanol–water partition coefficient (Wildman–Crippen LogP) is 2.47. The van der Waals surface area contributed by atoms with E-state index in [2.05, 4.69) is 27.4 Å². The molecule has 2 N–H and O–H groups in total. The van der Waals surface area contributed by atoms with E-state index < -0.39 is 0 Å². The van der Waals surface area contributed by atoms with Gasteiger partial charge in [-0.2, -0.15) is 0 Å².